The first kappa shape index (κ1) is 23.1. The number of fused-ring (bicyclic) bond motifs is 2. The van der Waals surface area contributed by atoms with Gasteiger partial charge in [-0.25, -0.2) is 12.8 Å². The Balaban J connectivity index is 1.44. The van der Waals surface area contributed by atoms with E-state index in [0.717, 1.165) is 50.1 Å². The first-order chi connectivity index (χ1) is 17.8. The molecule has 4 heterocycles. The van der Waals surface area contributed by atoms with Crippen molar-refractivity contribution >= 4 is 31.6 Å². The molecule has 0 aliphatic heterocycles. The predicted molar refractivity (Wildman–Crippen MR) is 143 cm³/mol. The zero-order valence-corrected chi connectivity index (χ0v) is 20.7. The van der Waals surface area contributed by atoms with Crippen molar-refractivity contribution in [3.05, 3.63) is 90.5 Å². The summed E-state index contributed by atoms with van der Waals surface area (Å²) in [6.07, 6.45) is 4.91. The van der Waals surface area contributed by atoms with Crippen molar-refractivity contribution in [1.82, 2.24) is 25.1 Å². The molecule has 0 bridgehead atoms. The first-order valence-corrected chi connectivity index (χ1v) is 13.8. The van der Waals surface area contributed by atoms with Crippen LogP contribution in [0.5, 0.6) is 0 Å². The average Bonchev–Trinajstić information content (AvgIpc) is 3.51. The van der Waals surface area contributed by atoms with Gasteiger partial charge < -0.3 is 4.98 Å². The largest absolute Gasteiger partial charge is 0.353 e. The SMILES string of the molecule is CS(=O)(=O)CCc1cc(F)cc(-c2cccc3[nH]c(-c4n[nH]c5cnc(-c6ccccn6)cc45)cc23)c1. The molecule has 0 aliphatic carbocycles. The second-order valence-electron chi connectivity index (χ2n) is 9.08. The lowest BCUT2D eigenvalue weighted by Crippen LogP contribution is -2.06. The van der Waals surface area contributed by atoms with Gasteiger partial charge in [0.2, 0.25) is 0 Å². The van der Waals surface area contributed by atoms with E-state index < -0.39 is 15.7 Å². The molecule has 2 aromatic carbocycles. The molecule has 184 valence electrons. The van der Waals surface area contributed by atoms with Crippen molar-refractivity contribution in [1.29, 1.82) is 0 Å². The summed E-state index contributed by atoms with van der Waals surface area (Å²) >= 11 is 0. The van der Waals surface area contributed by atoms with Crippen molar-refractivity contribution in [2.24, 2.45) is 0 Å². The van der Waals surface area contributed by atoms with Crippen LogP contribution in [0, 0.1) is 5.82 Å². The Morgan fingerprint density at radius 1 is 0.892 bits per heavy atom. The fraction of sp³-hybridized carbons (Fsp3) is 0.107. The van der Waals surface area contributed by atoms with Crippen LogP contribution in [0.4, 0.5) is 4.39 Å². The maximum absolute atomic E-state index is 14.5. The van der Waals surface area contributed by atoms with Gasteiger partial charge in [0.25, 0.3) is 0 Å². The Bertz CT molecular complexity index is 1880. The Morgan fingerprint density at radius 3 is 2.59 bits per heavy atom. The molecule has 0 atom stereocenters. The van der Waals surface area contributed by atoms with Gasteiger partial charge in [0.1, 0.15) is 21.3 Å². The van der Waals surface area contributed by atoms with Gasteiger partial charge in [-0.15, -0.1) is 0 Å². The third-order valence-corrected chi connectivity index (χ3v) is 7.27. The number of nitrogens with one attached hydrogen (secondary N) is 2. The van der Waals surface area contributed by atoms with Gasteiger partial charge in [0.15, 0.2) is 0 Å². The number of aromatic nitrogens is 5. The third kappa shape index (κ3) is 4.61. The summed E-state index contributed by atoms with van der Waals surface area (Å²) in [6.45, 7) is 0. The second kappa shape index (κ2) is 8.94. The summed E-state index contributed by atoms with van der Waals surface area (Å²) in [5.41, 5.74) is 6.91. The normalized spacial score (nSPS) is 11.9. The van der Waals surface area contributed by atoms with Crippen LogP contribution in [-0.4, -0.2) is 45.6 Å². The van der Waals surface area contributed by atoms with E-state index in [0.29, 0.717) is 11.1 Å². The number of nitrogens with zero attached hydrogens (tertiary/aromatic N) is 3. The van der Waals surface area contributed by atoms with Crippen LogP contribution in [0.1, 0.15) is 5.56 Å². The van der Waals surface area contributed by atoms with E-state index in [4.69, 9.17) is 0 Å². The highest BCUT2D eigenvalue weighted by Crippen LogP contribution is 2.35. The topological polar surface area (TPSA) is 104 Å². The first-order valence-electron chi connectivity index (χ1n) is 11.7. The molecule has 6 rings (SSSR count). The van der Waals surface area contributed by atoms with Gasteiger partial charge in [0, 0.05) is 28.7 Å². The average molecular weight is 512 g/mol. The molecule has 0 fully saturated rings. The lowest BCUT2D eigenvalue weighted by Gasteiger charge is -2.08. The predicted octanol–water partition coefficient (Wildman–Crippen LogP) is 5.56. The molecule has 0 saturated heterocycles. The summed E-state index contributed by atoms with van der Waals surface area (Å²) in [7, 11) is -3.15. The highest BCUT2D eigenvalue weighted by molar-refractivity contribution is 7.90. The van der Waals surface area contributed by atoms with Gasteiger partial charge in [-0.3, -0.25) is 15.1 Å². The van der Waals surface area contributed by atoms with E-state index in [2.05, 4.69) is 25.1 Å². The van der Waals surface area contributed by atoms with Gasteiger partial charge in [-0.1, -0.05) is 24.3 Å². The fourth-order valence-corrected chi connectivity index (χ4v) is 5.17. The fourth-order valence-electron chi connectivity index (χ4n) is 4.56. The van der Waals surface area contributed by atoms with Gasteiger partial charge in [0.05, 0.1) is 34.5 Å². The molecule has 7 nitrogen and oxygen atoms in total. The minimum absolute atomic E-state index is 0.0318. The number of sulfone groups is 1. The molecule has 37 heavy (non-hydrogen) atoms. The molecule has 0 saturated carbocycles. The molecule has 0 aliphatic rings. The third-order valence-electron chi connectivity index (χ3n) is 6.32. The highest BCUT2D eigenvalue weighted by Gasteiger charge is 2.16. The zero-order chi connectivity index (χ0) is 25.6. The standard InChI is InChI=1S/C28H22FN5O2S/c1-37(35,36)10-8-17-11-18(13-19(29)12-17)20-5-4-7-23-21(20)14-26(32-23)28-22-15-25(24-6-2-3-9-30-24)31-16-27(22)33-34-28/h2-7,9,11-16,32H,8,10H2,1H3,(H,33,34). The van der Waals surface area contributed by atoms with Crippen molar-refractivity contribution in [3.63, 3.8) is 0 Å². The Labute approximate surface area is 212 Å². The number of pyridine rings is 2. The molecule has 0 radical (unpaired) electrons. The number of halogens is 1. The zero-order valence-electron chi connectivity index (χ0n) is 19.9. The summed E-state index contributed by atoms with van der Waals surface area (Å²) in [5, 5.41) is 9.40. The van der Waals surface area contributed by atoms with E-state index in [-0.39, 0.29) is 12.2 Å². The molecule has 4 aromatic heterocycles. The lowest BCUT2D eigenvalue weighted by atomic mass is 9.98. The lowest BCUT2D eigenvalue weighted by molar-refractivity contribution is 0.600. The number of rotatable bonds is 6. The van der Waals surface area contributed by atoms with E-state index in [1.54, 1.807) is 12.4 Å². The van der Waals surface area contributed by atoms with Crippen molar-refractivity contribution in [2.75, 3.05) is 12.0 Å². The minimum Gasteiger partial charge on any atom is -0.353 e. The minimum atomic E-state index is -3.15. The van der Waals surface area contributed by atoms with Gasteiger partial charge in [-0.05, 0) is 65.6 Å². The summed E-state index contributed by atoms with van der Waals surface area (Å²) in [5.74, 6) is -0.433. The summed E-state index contributed by atoms with van der Waals surface area (Å²) in [4.78, 5) is 12.4. The Hall–Kier alpha value is -4.37. The maximum atomic E-state index is 14.5. The molecular weight excluding hydrogens is 489 g/mol. The quantitative estimate of drug-likeness (QED) is 0.305. The molecule has 0 spiro atoms. The van der Waals surface area contributed by atoms with Gasteiger partial charge in [-0.2, -0.15) is 5.10 Å². The molecule has 2 N–H and O–H groups in total. The Kier molecular flexibility index (Phi) is 5.57. The van der Waals surface area contributed by atoms with Gasteiger partial charge >= 0.3 is 0 Å². The second-order valence-corrected chi connectivity index (χ2v) is 11.3. The van der Waals surface area contributed by atoms with Crippen LogP contribution in [0.15, 0.2) is 79.1 Å². The van der Waals surface area contributed by atoms with Crippen LogP contribution < -0.4 is 0 Å². The summed E-state index contributed by atoms with van der Waals surface area (Å²) < 4.78 is 37.8. The van der Waals surface area contributed by atoms with Crippen molar-refractivity contribution in [2.45, 2.75) is 6.42 Å². The van der Waals surface area contributed by atoms with Crippen LogP contribution in [-0.2, 0) is 16.3 Å². The number of hydrogen-bond donors (Lipinski definition) is 2. The van der Waals surface area contributed by atoms with E-state index in [1.165, 1.54) is 18.4 Å². The highest BCUT2D eigenvalue weighted by atomic mass is 32.2. The molecule has 0 unspecified atom stereocenters. The summed E-state index contributed by atoms with van der Waals surface area (Å²) in [6, 6.07) is 20.2. The number of benzene rings is 2. The number of H-pyrrole nitrogens is 2. The molecule has 0 amide bonds. The molecular formula is C28H22FN5O2S. The van der Waals surface area contributed by atoms with E-state index in [9.17, 15) is 12.8 Å². The molecule has 9 heteroatoms. The number of aryl methyl sites for hydroxylation is 1. The van der Waals surface area contributed by atoms with Crippen LogP contribution in [0.3, 0.4) is 0 Å². The maximum Gasteiger partial charge on any atom is 0.147 e. The van der Waals surface area contributed by atoms with Crippen molar-refractivity contribution < 1.29 is 12.8 Å². The monoisotopic (exact) mass is 511 g/mol. The Morgan fingerprint density at radius 2 is 1.78 bits per heavy atom. The number of aromatic amines is 2. The van der Waals surface area contributed by atoms with E-state index >= 15 is 0 Å². The smallest absolute Gasteiger partial charge is 0.147 e. The van der Waals surface area contributed by atoms with Crippen LogP contribution in [0.25, 0.3) is 55.7 Å². The van der Waals surface area contributed by atoms with Crippen LogP contribution in [0.2, 0.25) is 0 Å². The molecule has 6 aromatic rings. The number of hydrogen-bond acceptors (Lipinski definition) is 5. The van der Waals surface area contributed by atoms with E-state index in [1.807, 2.05) is 54.6 Å². The van der Waals surface area contributed by atoms with Crippen LogP contribution >= 0.6 is 0 Å². The van der Waals surface area contributed by atoms with Crippen molar-refractivity contribution in [3.8, 4) is 33.9 Å².